The second-order valence-corrected chi connectivity index (χ2v) is 9.76. The van der Waals surface area contributed by atoms with E-state index >= 15 is 0 Å². The van der Waals surface area contributed by atoms with Gasteiger partial charge in [-0.25, -0.2) is 8.42 Å². The van der Waals surface area contributed by atoms with Crippen LogP contribution in [0.2, 0.25) is 0 Å². The fourth-order valence-electron chi connectivity index (χ4n) is 3.35. The van der Waals surface area contributed by atoms with Gasteiger partial charge in [0.1, 0.15) is 12.6 Å². The normalized spacial score (nSPS) is 13.1. The van der Waals surface area contributed by atoms with Crippen molar-refractivity contribution in [2.75, 3.05) is 17.1 Å². The molecular formula is C24H33N3O4S. The maximum Gasteiger partial charge on any atom is 0.244 e. The van der Waals surface area contributed by atoms with Gasteiger partial charge in [-0.15, -0.1) is 0 Å². The molecule has 0 unspecified atom stereocenters. The van der Waals surface area contributed by atoms with Crippen molar-refractivity contribution in [3.8, 4) is 0 Å². The molecule has 2 rings (SSSR count). The van der Waals surface area contributed by atoms with E-state index in [4.69, 9.17) is 0 Å². The number of carbonyl (C=O) groups is 2. The largest absolute Gasteiger partial charge is 0.352 e. The average Bonchev–Trinajstić information content (AvgIpc) is 2.77. The lowest BCUT2D eigenvalue weighted by Gasteiger charge is -2.33. The van der Waals surface area contributed by atoms with Gasteiger partial charge in [0.25, 0.3) is 0 Å². The second kappa shape index (κ2) is 11.7. The minimum Gasteiger partial charge on any atom is -0.352 e. The molecule has 0 saturated heterocycles. The SMILES string of the molecule is CC[C@H](C)NC(=O)[C@H](CC)N(Cc1ccccc1)C(=O)CN(c1ccccc1)S(C)(=O)=O. The summed E-state index contributed by atoms with van der Waals surface area (Å²) < 4.78 is 26.0. The first-order valence-electron chi connectivity index (χ1n) is 10.8. The van der Waals surface area contributed by atoms with Crippen LogP contribution in [0.15, 0.2) is 60.7 Å². The molecule has 7 nitrogen and oxygen atoms in total. The van der Waals surface area contributed by atoms with Gasteiger partial charge in [-0.1, -0.05) is 62.4 Å². The summed E-state index contributed by atoms with van der Waals surface area (Å²) in [7, 11) is -3.71. The Morgan fingerprint density at radius 3 is 2.00 bits per heavy atom. The molecule has 2 aromatic rings. The van der Waals surface area contributed by atoms with Crippen LogP contribution in [-0.2, 0) is 26.2 Å². The molecule has 0 aromatic heterocycles. The lowest BCUT2D eigenvalue weighted by Crippen LogP contribution is -2.53. The Bertz CT molecular complexity index is 981. The third-order valence-corrected chi connectivity index (χ3v) is 6.45. The second-order valence-electron chi connectivity index (χ2n) is 7.85. The standard InChI is InChI=1S/C24H33N3O4S/c1-5-19(3)25-24(29)22(6-2)26(17-20-13-9-7-10-14-20)23(28)18-27(32(4,30)31)21-15-11-8-12-16-21/h7-16,19,22H,5-6,17-18H2,1-4H3,(H,25,29)/t19-,22-/m0/s1. The first-order chi connectivity index (χ1) is 15.2. The van der Waals surface area contributed by atoms with Crippen LogP contribution >= 0.6 is 0 Å². The van der Waals surface area contributed by atoms with Crippen LogP contribution in [0.25, 0.3) is 0 Å². The van der Waals surface area contributed by atoms with Gasteiger partial charge in [0, 0.05) is 12.6 Å². The number of hydrogen-bond donors (Lipinski definition) is 1. The van der Waals surface area contributed by atoms with E-state index in [-0.39, 0.29) is 25.0 Å². The fraction of sp³-hybridized carbons (Fsp3) is 0.417. The Morgan fingerprint density at radius 1 is 0.938 bits per heavy atom. The molecule has 32 heavy (non-hydrogen) atoms. The molecule has 2 amide bonds. The van der Waals surface area contributed by atoms with Crippen LogP contribution in [0, 0.1) is 0 Å². The summed E-state index contributed by atoms with van der Waals surface area (Å²) in [6.07, 6.45) is 2.25. The third-order valence-electron chi connectivity index (χ3n) is 5.31. The van der Waals surface area contributed by atoms with Crippen LogP contribution < -0.4 is 9.62 Å². The van der Waals surface area contributed by atoms with Crippen molar-refractivity contribution < 1.29 is 18.0 Å². The molecule has 0 saturated carbocycles. The molecule has 2 aromatic carbocycles. The highest BCUT2D eigenvalue weighted by Gasteiger charge is 2.32. The number of hydrogen-bond acceptors (Lipinski definition) is 4. The summed E-state index contributed by atoms with van der Waals surface area (Å²) >= 11 is 0. The van der Waals surface area contributed by atoms with E-state index in [0.717, 1.165) is 22.5 Å². The molecule has 0 aliphatic carbocycles. The van der Waals surface area contributed by atoms with Gasteiger partial charge in [-0.05, 0) is 37.5 Å². The molecule has 0 bridgehead atoms. The van der Waals surface area contributed by atoms with E-state index in [1.807, 2.05) is 51.1 Å². The number of para-hydroxylation sites is 1. The van der Waals surface area contributed by atoms with Gasteiger partial charge in [-0.3, -0.25) is 13.9 Å². The molecule has 0 spiro atoms. The monoisotopic (exact) mass is 459 g/mol. The number of nitrogens with zero attached hydrogens (tertiary/aromatic N) is 2. The lowest BCUT2D eigenvalue weighted by atomic mass is 10.1. The van der Waals surface area contributed by atoms with Crippen LogP contribution in [0.3, 0.4) is 0 Å². The number of rotatable bonds is 11. The molecule has 0 heterocycles. The minimum atomic E-state index is -3.71. The van der Waals surface area contributed by atoms with Crippen LogP contribution in [0.5, 0.6) is 0 Å². The summed E-state index contributed by atoms with van der Waals surface area (Å²) in [5.41, 5.74) is 1.27. The van der Waals surface area contributed by atoms with E-state index in [9.17, 15) is 18.0 Å². The number of sulfonamides is 1. The van der Waals surface area contributed by atoms with E-state index in [1.54, 1.807) is 30.3 Å². The Labute approximate surface area is 191 Å². The number of benzene rings is 2. The van der Waals surface area contributed by atoms with Crippen molar-refractivity contribution >= 4 is 27.5 Å². The predicted molar refractivity (Wildman–Crippen MR) is 128 cm³/mol. The van der Waals surface area contributed by atoms with Gasteiger partial charge < -0.3 is 10.2 Å². The summed E-state index contributed by atoms with van der Waals surface area (Å²) in [6.45, 7) is 5.55. The van der Waals surface area contributed by atoms with Crippen molar-refractivity contribution in [3.05, 3.63) is 66.2 Å². The van der Waals surface area contributed by atoms with Crippen LogP contribution in [0.4, 0.5) is 5.69 Å². The van der Waals surface area contributed by atoms with Crippen molar-refractivity contribution in [2.24, 2.45) is 0 Å². The zero-order valence-electron chi connectivity index (χ0n) is 19.2. The molecule has 8 heteroatoms. The van der Waals surface area contributed by atoms with Gasteiger partial charge >= 0.3 is 0 Å². The van der Waals surface area contributed by atoms with E-state index < -0.39 is 22.0 Å². The summed E-state index contributed by atoms with van der Waals surface area (Å²) in [4.78, 5) is 28.0. The highest BCUT2D eigenvalue weighted by Crippen LogP contribution is 2.19. The number of carbonyl (C=O) groups excluding carboxylic acids is 2. The van der Waals surface area contributed by atoms with Gasteiger partial charge in [0.2, 0.25) is 21.8 Å². The Kier molecular flexibility index (Phi) is 9.26. The van der Waals surface area contributed by atoms with Crippen molar-refractivity contribution in [3.63, 3.8) is 0 Å². The lowest BCUT2D eigenvalue weighted by molar-refractivity contribution is -0.140. The predicted octanol–water partition coefficient (Wildman–Crippen LogP) is 3.17. The number of nitrogens with one attached hydrogen (secondary N) is 1. The van der Waals surface area contributed by atoms with Crippen LogP contribution in [0.1, 0.15) is 39.2 Å². The van der Waals surface area contributed by atoms with Gasteiger partial charge in [-0.2, -0.15) is 0 Å². The fourth-order valence-corrected chi connectivity index (χ4v) is 4.20. The highest BCUT2D eigenvalue weighted by molar-refractivity contribution is 7.92. The summed E-state index contributed by atoms with van der Waals surface area (Å²) in [5.74, 6) is -0.675. The molecule has 174 valence electrons. The van der Waals surface area contributed by atoms with E-state index in [1.165, 1.54) is 4.90 Å². The molecule has 0 aliphatic rings. The quantitative estimate of drug-likeness (QED) is 0.559. The minimum absolute atomic E-state index is 0.0259. The molecule has 0 radical (unpaired) electrons. The summed E-state index contributed by atoms with van der Waals surface area (Å²) in [5, 5.41) is 2.95. The molecule has 0 aliphatic heterocycles. The number of amides is 2. The Balaban J connectivity index is 2.38. The van der Waals surface area contributed by atoms with E-state index in [2.05, 4.69) is 5.32 Å². The molecule has 0 fully saturated rings. The average molecular weight is 460 g/mol. The van der Waals surface area contributed by atoms with Crippen LogP contribution in [-0.4, -0.2) is 50.0 Å². The topological polar surface area (TPSA) is 86.8 Å². The highest BCUT2D eigenvalue weighted by atomic mass is 32.2. The Morgan fingerprint density at radius 2 is 1.50 bits per heavy atom. The summed E-state index contributed by atoms with van der Waals surface area (Å²) in [6, 6.07) is 17.1. The Hall–Kier alpha value is -2.87. The first kappa shape index (κ1) is 25.4. The zero-order valence-corrected chi connectivity index (χ0v) is 20.0. The number of anilines is 1. The molecular weight excluding hydrogens is 426 g/mol. The third kappa shape index (κ3) is 7.09. The molecule has 1 N–H and O–H groups in total. The molecule has 2 atom stereocenters. The van der Waals surface area contributed by atoms with E-state index in [0.29, 0.717) is 12.1 Å². The zero-order chi connectivity index (χ0) is 23.7. The van der Waals surface area contributed by atoms with Crippen molar-refractivity contribution in [1.29, 1.82) is 0 Å². The maximum atomic E-state index is 13.5. The smallest absolute Gasteiger partial charge is 0.244 e. The maximum absolute atomic E-state index is 13.5. The van der Waals surface area contributed by atoms with Gasteiger partial charge in [0.05, 0.1) is 11.9 Å². The van der Waals surface area contributed by atoms with Crippen molar-refractivity contribution in [2.45, 2.75) is 52.2 Å². The first-order valence-corrected chi connectivity index (χ1v) is 12.7. The van der Waals surface area contributed by atoms with Crippen molar-refractivity contribution in [1.82, 2.24) is 10.2 Å². The van der Waals surface area contributed by atoms with Gasteiger partial charge in [0.15, 0.2) is 0 Å².